The molecular formula is C10H5ClF3NOS2. The van der Waals surface area contributed by atoms with Crippen LogP contribution in [0, 0.1) is 6.92 Å². The van der Waals surface area contributed by atoms with Gasteiger partial charge in [-0.2, -0.15) is 13.2 Å². The molecule has 96 valence electrons. The number of hydrogen-bond acceptors (Lipinski definition) is 4. The van der Waals surface area contributed by atoms with E-state index in [9.17, 15) is 18.0 Å². The van der Waals surface area contributed by atoms with Crippen LogP contribution in [-0.2, 0) is 6.18 Å². The number of thiazole rings is 1. The van der Waals surface area contributed by atoms with Crippen molar-refractivity contribution in [2.75, 3.05) is 0 Å². The van der Waals surface area contributed by atoms with Crippen LogP contribution in [0.3, 0.4) is 0 Å². The van der Waals surface area contributed by atoms with E-state index in [0.717, 1.165) is 23.1 Å². The third kappa shape index (κ3) is 2.43. The van der Waals surface area contributed by atoms with Gasteiger partial charge in [0.25, 0.3) is 0 Å². The molecule has 0 fully saturated rings. The predicted octanol–water partition coefficient (Wildman–Crippen LogP) is 4.42. The third-order valence-electron chi connectivity index (χ3n) is 2.08. The van der Waals surface area contributed by atoms with E-state index in [1.807, 2.05) is 0 Å². The van der Waals surface area contributed by atoms with Crippen molar-refractivity contribution in [2.45, 2.75) is 13.1 Å². The minimum Gasteiger partial charge on any atom is -0.287 e. The quantitative estimate of drug-likeness (QED) is 0.769. The number of aromatic nitrogens is 1. The van der Waals surface area contributed by atoms with Gasteiger partial charge in [-0.1, -0.05) is 11.6 Å². The summed E-state index contributed by atoms with van der Waals surface area (Å²) in [7, 11) is 0. The van der Waals surface area contributed by atoms with Gasteiger partial charge in [-0.3, -0.25) is 4.79 Å². The summed E-state index contributed by atoms with van der Waals surface area (Å²) in [5.41, 5.74) is 0.727. The van der Waals surface area contributed by atoms with E-state index >= 15 is 0 Å². The SMILES string of the molecule is Cc1csc(C(=O)c2cnc(C(F)(F)F)s2)c1Cl. The van der Waals surface area contributed by atoms with Gasteiger partial charge in [0.05, 0.1) is 14.8 Å². The number of carbonyl (C=O) groups excluding carboxylic acids is 1. The second-order valence-corrected chi connectivity index (χ2v) is 5.71. The monoisotopic (exact) mass is 311 g/mol. The van der Waals surface area contributed by atoms with Crippen molar-refractivity contribution in [3.8, 4) is 0 Å². The van der Waals surface area contributed by atoms with Crippen LogP contribution in [0.25, 0.3) is 0 Å². The van der Waals surface area contributed by atoms with Gasteiger partial charge in [0.15, 0.2) is 5.01 Å². The Morgan fingerprint density at radius 1 is 1.44 bits per heavy atom. The normalized spacial score (nSPS) is 11.8. The molecule has 8 heteroatoms. The molecule has 0 aliphatic heterocycles. The zero-order valence-corrected chi connectivity index (χ0v) is 11.2. The summed E-state index contributed by atoms with van der Waals surface area (Å²) in [5, 5.41) is 0.934. The molecule has 0 saturated heterocycles. The number of thiophene rings is 1. The second kappa shape index (κ2) is 4.64. The first-order chi connectivity index (χ1) is 8.30. The Morgan fingerprint density at radius 3 is 2.56 bits per heavy atom. The zero-order valence-electron chi connectivity index (χ0n) is 8.84. The van der Waals surface area contributed by atoms with Crippen LogP contribution in [0.4, 0.5) is 13.2 Å². The lowest BCUT2D eigenvalue weighted by atomic mass is 10.2. The Balaban J connectivity index is 2.36. The standard InChI is InChI=1S/C10H5ClF3NOS2/c1-4-3-17-8(6(4)11)7(16)5-2-15-9(18-5)10(12,13)14/h2-3H,1H3. The van der Waals surface area contributed by atoms with Crippen molar-refractivity contribution in [2.24, 2.45) is 0 Å². The van der Waals surface area contributed by atoms with Crippen LogP contribution in [-0.4, -0.2) is 10.8 Å². The van der Waals surface area contributed by atoms with Crippen LogP contribution in [0.1, 0.15) is 25.1 Å². The van der Waals surface area contributed by atoms with Gasteiger partial charge >= 0.3 is 6.18 Å². The molecule has 2 nitrogen and oxygen atoms in total. The van der Waals surface area contributed by atoms with E-state index in [1.165, 1.54) is 0 Å². The molecule has 2 aromatic heterocycles. The van der Waals surface area contributed by atoms with Gasteiger partial charge < -0.3 is 0 Å². The third-order valence-corrected chi connectivity index (χ3v) is 4.81. The molecule has 0 amide bonds. The van der Waals surface area contributed by atoms with Crippen LogP contribution < -0.4 is 0 Å². The fourth-order valence-corrected chi connectivity index (χ4v) is 3.23. The number of aryl methyl sites for hydroxylation is 1. The molecule has 0 radical (unpaired) electrons. The number of halogens is 4. The van der Waals surface area contributed by atoms with E-state index < -0.39 is 17.0 Å². The summed E-state index contributed by atoms with van der Waals surface area (Å²) in [4.78, 5) is 15.3. The predicted molar refractivity (Wildman–Crippen MR) is 64.6 cm³/mol. The lowest BCUT2D eigenvalue weighted by Crippen LogP contribution is -2.03. The minimum atomic E-state index is -4.53. The molecular weight excluding hydrogens is 307 g/mol. The van der Waals surface area contributed by atoms with Crippen molar-refractivity contribution in [3.63, 3.8) is 0 Å². The molecule has 0 bridgehead atoms. The molecule has 2 aromatic rings. The van der Waals surface area contributed by atoms with Crippen molar-refractivity contribution in [3.05, 3.63) is 36.9 Å². The average molecular weight is 312 g/mol. The maximum absolute atomic E-state index is 12.4. The highest BCUT2D eigenvalue weighted by molar-refractivity contribution is 7.17. The van der Waals surface area contributed by atoms with Crippen molar-refractivity contribution < 1.29 is 18.0 Å². The maximum atomic E-state index is 12.4. The lowest BCUT2D eigenvalue weighted by molar-refractivity contribution is -0.137. The summed E-state index contributed by atoms with van der Waals surface area (Å²) < 4.78 is 37.1. The van der Waals surface area contributed by atoms with Gasteiger partial charge in [-0.25, -0.2) is 4.98 Å². The average Bonchev–Trinajstić information content (AvgIpc) is 2.86. The molecule has 0 unspecified atom stereocenters. The molecule has 0 saturated carbocycles. The Hall–Kier alpha value is -0.920. The Morgan fingerprint density at radius 2 is 2.11 bits per heavy atom. The van der Waals surface area contributed by atoms with E-state index in [-0.39, 0.29) is 14.8 Å². The highest BCUT2D eigenvalue weighted by Gasteiger charge is 2.35. The first-order valence-corrected chi connectivity index (χ1v) is 6.69. The fraction of sp³-hybridized carbons (Fsp3) is 0.200. The number of hydrogen-bond donors (Lipinski definition) is 0. The van der Waals surface area contributed by atoms with Gasteiger partial charge in [0, 0.05) is 6.20 Å². The molecule has 0 aliphatic rings. The van der Waals surface area contributed by atoms with E-state index in [2.05, 4.69) is 4.98 Å². The van der Waals surface area contributed by atoms with Crippen LogP contribution >= 0.6 is 34.3 Å². The van der Waals surface area contributed by atoms with Crippen LogP contribution in [0.2, 0.25) is 5.02 Å². The van der Waals surface area contributed by atoms with E-state index in [0.29, 0.717) is 11.3 Å². The summed E-state index contributed by atoms with van der Waals surface area (Å²) in [6.45, 7) is 1.73. The first kappa shape index (κ1) is 13.5. The Bertz CT molecular complexity index is 603. The maximum Gasteiger partial charge on any atom is 0.443 e. The Labute approximate surface area is 113 Å². The van der Waals surface area contributed by atoms with Gasteiger partial charge in [-0.15, -0.1) is 22.7 Å². The largest absolute Gasteiger partial charge is 0.443 e. The highest BCUT2D eigenvalue weighted by atomic mass is 35.5. The van der Waals surface area contributed by atoms with Crippen LogP contribution in [0.15, 0.2) is 11.6 Å². The molecule has 0 spiro atoms. The molecule has 2 rings (SSSR count). The second-order valence-electron chi connectivity index (χ2n) is 3.42. The molecule has 18 heavy (non-hydrogen) atoms. The minimum absolute atomic E-state index is 0.0638. The van der Waals surface area contributed by atoms with Crippen molar-refractivity contribution in [1.29, 1.82) is 0 Å². The molecule has 0 N–H and O–H groups in total. The van der Waals surface area contributed by atoms with E-state index in [1.54, 1.807) is 12.3 Å². The van der Waals surface area contributed by atoms with Crippen molar-refractivity contribution >= 4 is 40.1 Å². The number of alkyl halides is 3. The molecule has 0 aliphatic carbocycles. The summed E-state index contributed by atoms with van der Waals surface area (Å²) in [6.07, 6.45) is -3.60. The lowest BCUT2D eigenvalue weighted by Gasteiger charge is -1.99. The van der Waals surface area contributed by atoms with Crippen molar-refractivity contribution in [1.82, 2.24) is 4.98 Å². The first-order valence-electron chi connectivity index (χ1n) is 4.62. The smallest absolute Gasteiger partial charge is 0.287 e. The summed E-state index contributed by atoms with van der Waals surface area (Å²) >= 11 is 7.34. The van der Waals surface area contributed by atoms with Gasteiger partial charge in [-0.05, 0) is 17.9 Å². The zero-order chi connectivity index (χ0) is 13.5. The van der Waals surface area contributed by atoms with E-state index in [4.69, 9.17) is 11.6 Å². The number of rotatable bonds is 2. The van der Waals surface area contributed by atoms with Gasteiger partial charge in [0.2, 0.25) is 5.78 Å². The topological polar surface area (TPSA) is 30.0 Å². The molecule has 2 heterocycles. The van der Waals surface area contributed by atoms with Gasteiger partial charge in [0.1, 0.15) is 0 Å². The number of ketones is 1. The summed E-state index contributed by atoms with van der Waals surface area (Å²) in [6, 6.07) is 0. The highest BCUT2D eigenvalue weighted by Crippen LogP contribution is 2.35. The molecule has 0 aromatic carbocycles. The Kier molecular flexibility index (Phi) is 3.48. The molecule has 0 atom stereocenters. The van der Waals surface area contributed by atoms with Crippen LogP contribution in [0.5, 0.6) is 0 Å². The summed E-state index contributed by atoms with van der Waals surface area (Å²) in [5.74, 6) is -0.522. The number of carbonyl (C=O) groups is 1. The fourth-order valence-electron chi connectivity index (χ4n) is 1.21. The number of nitrogens with zero attached hydrogens (tertiary/aromatic N) is 1.